The molecule has 25 heavy (non-hydrogen) atoms. The van der Waals surface area contributed by atoms with E-state index >= 15 is 0 Å². The average Bonchev–Trinajstić information content (AvgIpc) is 2.64. The SMILES string of the molecule is CCc1ccc(C(C)(C)CN=C(N)NCCCN2CCOCC2)cc1. The van der Waals surface area contributed by atoms with Crippen molar-refractivity contribution in [2.75, 3.05) is 45.9 Å². The first-order valence-corrected chi connectivity index (χ1v) is 9.44. The van der Waals surface area contributed by atoms with Crippen LogP contribution in [0.3, 0.4) is 0 Å². The van der Waals surface area contributed by atoms with Crippen molar-refractivity contribution in [3.8, 4) is 0 Å². The smallest absolute Gasteiger partial charge is 0.188 e. The van der Waals surface area contributed by atoms with Crippen LogP contribution in [0.2, 0.25) is 0 Å². The summed E-state index contributed by atoms with van der Waals surface area (Å²) < 4.78 is 5.36. The number of nitrogens with two attached hydrogens (primary N) is 1. The van der Waals surface area contributed by atoms with E-state index in [1.807, 2.05) is 0 Å². The van der Waals surface area contributed by atoms with Crippen LogP contribution in [0.4, 0.5) is 0 Å². The van der Waals surface area contributed by atoms with Crippen LogP contribution >= 0.6 is 0 Å². The summed E-state index contributed by atoms with van der Waals surface area (Å²) in [5.74, 6) is 0.542. The molecular weight excluding hydrogens is 312 g/mol. The summed E-state index contributed by atoms with van der Waals surface area (Å²) in [5.41, 5.74) is 8.67. The minimum atomic E-state index is -0.0215. The molecule has 1 saturated heterocycles. The third kappa shape index (κ3) is 6.67. The van der Waals surface area contributed by atoms with E-state index in [-0.39, 0.29) is 5.41 Å². The number of aryl methyl sites for hydroxylation is 1. The summed E-state index contributed by atoms with van der Waals surface area (Å²) in [4.78, 5) is 6.98. The van der Waals surface area contributed by atoms with Gasteiger partial charge in [0.2, 0.25) is 0 Å². The van der Waals surface area contributed by atoms with E-state index in [4.69, 9.17) is 10.5 Å². The molecule has 2 rings (SSSR count). The van der Waals surface area contributed by atoms with Gasteiger partial charge >= 0.3 is 0 Å². The quantitative estimate of drug-likeness (QED) is 0.430. The highest BCUT2D eigenvalue weighted by molar-refractivity contribution is 5.77. The van der Waals surface area contributed by atoms with E-state index in [9.17, 15) is 0 Å². The molecular formula is C20H34N4O. The molecule has 0 bridgehead atoms. The first kappa shape index (κ1) is 19.7. The predicted octanol–water partition coefficient (Wildman–Crippen LogP) is 2.15. The number of ether oxygens (including phenoxy) is 1. The Balaban J connectivity index is 1.72. The zero-order valence-electron chi connectivity index (χ0n) is 16.1. The molecule has 0 aromatic heterocycles. The summed E-state index contributed by atoms with van der Waals surface area (Å²) in [7, 11) is 0. The number of hydrogen-bond acceptors (Lipinski definition) is 3. The van der Waals surface area contributed by atoms with E-state index < -0.39 is 0 Å². The molecule has 0 unspecified atom stereocenters. The van der Waals surface area contributed by atoms with Gasteiger partial charge in [-0.15, -0.1) is 0 Å². The van der Waals surface area contributed by atoms with E-state index in [0.29, 0.717) is 12.5 Å². The molecule has 0 amide bonds. The number of nitrogens with one attached hydrogen (secondary N) is 1. The number of rotatable bonds is 8. The minimum Gasteiger partial charge on any atom is -0.379 e. The number of hydrogen-bond donors (Lipinski definition) is 2. The van der Waals surface area contributed by atoms with E-state index in [0.717, 1.165) is 52.2 Å². The predicted molar refractivity (Wildman–Crippen MR) is 105 cm³/mol. The van der Waals surface area contributed by atoms with Crippen LogP contribution in [0.15, 0.2) is 29.3 Å². The van der Waals surface area contributed by atoms with Gasteiger partial charge in [0.1, 0.15) is 0 Å². The van der Waals surface area contributed by atoms with Crippen LogP contribution in [-0.4, -0.2) is 56.8 Å². The van der Waals surface area contributed by atoms with Crippen LogP contribution < -0.4 is 11.1 Å². The highest BCUT2D eigenvalue weighted by Gasteiger charge is 2.20. The van der Waals surface area contributed by atoms with Gasteiger partial charge in [0.25, 0.3) is 0 Å². The summed E-state index contributed by atoms with van der Waals surface area (Å²) in [6.07, 6.45) is 2.14. The molecule has 5 nitrogen and oxygen atoms in total. The Hall–Kier alpha value is -1.59. The molecule has 140 valence electrons. The van der Waals surface area contributed by atoms with Crippen molar-refractivity contribution in [3.63, 3.8) is 0 Å². The molecule has 0 saturated carbocycles. The summed E-state index contributed by atoms with van der Waals surface area (Å²) >= 11 is 0. The summed E-state index contributed by atoms with van der Waals surface area (Å²) in [5, 5.41) is 3.23. The minimum absolute atomic E-state index is 0.0215. The van der Waals surface area contributed by atoms with Crippen molar-refractivity contribution in [3.05, 3.63) is 35.4 Å². The van der Waals surface area contributed by atoms with Crippen LogP contribution in [0.1, 0.15) is 38.3 Å². The number of benzene rings is 1. The van der Waals surface area contributed by atoms with Crippen molar-refractivity contribution >= 4 is 5.96 Å². The number of guanidine groups is 1. The topological polar surface area (TPSA) is 62.9 Å². The molecule has 0 radical (unpaired) electrons. The second-order valence-electron chi connectivity index (χ2n) is 7.37. The Morgan fingerprint density at radius 1 is 1.24 bits per heavy atom. The Morgan fingerprint density at radius 3 is 2.56 bits per heavy atom. The highest BCUT2D eigenvalue weighted by Crippen LogP contribution is 2.24. The lowest BCUT2D eigenvalue weighted by Gasteiger charge is -2.26. The molecule has 0 aliphatic carbocycles. The summed E-state index contributed by atoms with van der Waals surface area (Å²) in [6, 6.07) is 8.82. The molecule has 3 N–H and O–H groups in total. The Bertz CT molecular complexity index is 533. The zero-order valence-corrected chi connectivity index (χ0v) is 16.1. The molecule has 5 heteroatoms. The van der Waals surface area contributed by atoms with Gasteiger partial charge in [-0.05, 0) is 30.5 Å². The Labute approximate surface area is 152 Å². The van der Waals surface area contributed by atoms with Gasteiger partial charge in [-0.1, -0.05) is 45.0 Å². The monoisotopic (exact) mass is 346 g/mol. The fourth-order valence-corrected chi connectivity index (χ4v) is 2.97. The molecule has 1 aromatic carbocycles. The third-order valence-electron chi connectivity index (χ3n) is 4.85. The maximum atomic E-state index is 6.03. The second kappa shape index (κ2) is 9.78. The lowest BCUT2D eigenvalue weighted by atomic mass is 9.84. The van der Waals surface area contributed by atoms with Crippen molar-refractivity contribution < 1.29 is 4.74 Å². The van der Waals surface area contributed by atoms with Gasteiger partial charge in [0.05, 0.1) is 19.8 Å². The Kier molecular flexibility index (Phi) is 7.72. The molecule has 1 heterocycles. The fourth-order valence-electron chi connectivity index (χ4n) is 2.97. The van der Waals surface area contributed by atoms with Gasteiger partial charge in [-0.25, -0.2) is 0 Å². The van der Waals surface area contributed by atoms with Crippen molar-refractivity contribution in [1.82, 2.24) is 10.2 Å². The average molecular weight is 347 g/mol. The third-order valence-corrected chi connectivity index (χ3v) is 4.85. The van der Waals surface area contributed by atoms with Crippen molar-refractivity contribution in [2.45, 2.75) is 39.0 Å². The second-order valence-corrected chi connectivity index (χ2v) is 7.37. The van der Waals surface area contributed by atoms with E-state index in [1.54, 1.807) is 0 Å². The Morgan fingerprint density at radius 2 is 1.92 bits per heavy atom. The molecule has 1 aliphatic heterocycles. The van der Waals surface area contributed by atoms with Crippen molar-refractivity contribution in [1.29, 1.82) is 0 Å². The van der Waals surface area contributed by atoms with Gasteiger partial charge in [-0.2, -0.15) is 0 Å². The highest BCUT2D eigenvalue weighted by atomic mass is 16.5. The van der Waals surface area contributed by atoms with Crippen LogP contribution in [0, 0.1) is 0 Å². The molecule has 1 aliphatic rings. The lowest BCUT2D eigenvalue weighted by Crippen LogP contribution is -2.39. The van der Waals surface area contributed by atoms with Crippen LogP contribution in [0.5, 0.6) is 0 Å². The molecule has 1 fully saturated rings. The lowest BCUT2D eigenvalue weighted by molar-refractivity contribution is 0.0376. The number of morpholine rings is 1. The van der Waals surface area contributed by atoms with Crippen LogP contribution in [0.25, 0.3) is 0 Å². The van der Waals surface area contributed by atoms with Gasteiger partial charge < -0.3 is 15.8 Å². The fraction of sp³-hybridized carbons (Fsp3) is 0.650. The van der Waals surface area contributed by atoms with Gasteiger partial charge in [0, 0.05) is 25.0 Å². The summed E-state index contributed by atoms with van der Waals surface area (Å²) in [6.45, 7) is 13.0. The first-order chi connectivity index (χ1) is 12.0. The number of nitrogens with zero attached hydrogens (tertiary/aromatic N) is 2. The normalized spacial score (nSPS) is 16.8. The van der Waals surface area contributed by atoms with E-state index in [1.165, 1.54) is 11.1 Å². The van der Waals surface area contributed by atoms with Crippen LogP contribution in [-0.2, 0) is 16.6 Å². The standard InChI is InChI=1S/C20H34N4O/c1-4-17-6-8-18(9-7-17)20(2,3)16-23-19(21)22-10-5-11-24-12-14-25-15-13-24/h6-9H,4-5,10-16H2,1-3H3,(H3,21,22,23). The largest absolute Gasteiger partial charge is 0.379 e. The van der Waals surface area contributed by atoms with Crippen molar-refractivity contribution in [2.24, 2.45) is 10.7 Å². The number of aliphatic imine (C=N–C) groups is 1. The van der Waals surface area contributed by atoms with E-state index in [2.05, 4.69) is 60.2 Å². The maximum absolute atomic E-state index is 6.03. The molecule has 0 atom stereocenters. The van der Waals surface area contributed by atoms with Gasteiger partial charge in [0.15, 0.2) is 5.96 Å². The van der Waals surface area contributed by atoms with Gasteiger partial charge in [-0.3, -0.25) is 9.89 Å². The zero-order chi connectivity index (χ0) is 18.1. The first-order valence-electron chi connectivity index (χ1n) is 9.44. The maximum Gasteiger partial charge on any atom is 0.188 e. The molecule has 0 spiro atoms. The molecule has 1 aromatic rings.